The van der Waals surface area contributed by atoms with Crippen LogP contribution in [-0.4, -0.2) is 5.97 Å². The highest BCUT2D eigenvalue weighted by atomic mass is 32.1. The number of ether oxygens (including phenoxy) is 1. The summed E-state index contributed by atoms with van der Waals surface area (Å²) in [5.74, 6) is 7.86. The average molecular weight is 342 g/mol. The number of carbonyl (C=O) groups excluding carboxylic acids is 1. The molecule has 0 saturated heterocycles. The average Bonchev–Trinajstić information content (AvgIpc) is 3.17. The molecule has 0 aliphatic rings. The summed E-state index contributed by atoms with van der Waals surface area (Å²) in [7, 11) is 0. The molecular weight excluding hydrogens is 328 g/mol. The molecule has 0 atom stereocenters. The normalized spacial score (nSPS) is 9.32. The van der Waals surface area contributed by atoms with Gasteiger partial charge in [-0.05, 0) is 41.5 Å². The van der Waals surface area contributed by atoms with Crippen LogP contribution >= 0.6 is 11.3 Å². The lowest BCUT2D eigenvalue weighted by Gasteiger charge is -2.04. The minimum Gasteiger partial charge on any atom is -0.367 e. The van der Waals surface area contributed by atoms with Crippen molar-refractivity contribution in [3.8, 4) is 35.0 Å². The molecule has 1 heterocycles. The summed E-state index contributed by atoms with van der Waals surface area (Å²) in [4.78, 5) is 11.6. The molecule has 0 spiro atoms. The van der Waals surface area contributed by atoms with Crippen LogP contribution in [0.5, 0.6) is 0 Å². The molecule has 0 saturated carbocycles. The van der Waals surface area contributed by atoms with Gasteiger partial charge < -0.3 is 4.74 Å². The van der Waals surface area contributed by atoms with E-state index in [1.807, 2.05) is 29.6 Å². The number of aryl methyl sites for hydroxylation is 1. The van der Waals surface area contributed by atoms with Crippen LogP contribution in [0, 0.1) is 30.8 Å². The van der Waals surface area contributed by atoms with E-state index in [4.69, 9.17) is 4.74 Å². The van der Waals surface area contributed by atoms with Gasteiger partial charge >= 0.3 is 5.97 Å². The van der Waals surface area contributed by atoms with Crippen molar-refractivity contribution in [3.63, 3.8) is 0 Å². The van der Waals surface area contributed by atoms with Gasteiger partial charge in [-0.15, -0.1) is 0 Å². The lowest BCUT2D eigenvalue weighted by Crippen LogP contribution is -1.97. The number of rotatable bonds is 2. The largest absolute Gasteiger partial charge is 0.367 e. The monoisotopic (exact) mass is 342 g/mol. The topological polar surface area (TPSA) is 26.3 Å². The summed E-state index contributed by atoms with van der Waals surface area (Å²) in [5, 5.41) is 3.53. The third-order valence-corrected chi connectivity index (χ3v) is 4.18. The molecule has 0 aliphatic carbocycles. The van der Waals surface area contributed by atoms with Crippen LogP contribution in [0.1, 0.15) is 21.5 Å². The Labute approximate surface area is 151 Å². The zero-order valence-electron chi connectivity index (χ0n) is 13.6. The Bertz CT molecular complexity index is 992. The molecule has 3 heteroatoms. The number of benzene rings is 2. The van der Waals surface area contributed by atoms with E-state index < -0.39 is 5.97 Å². The van der Waals surface area contributed by atoms with Crippen LogP contribution in [-0.2, 0) is 4.74 Å². The number of thiophene rings is 1. The molecular formula is C22H14O2S. The Morgan fingerprint density at radius 1 is 1.00 bits per heavy atom. The van der Waals surface area contributed by atoms with Gasteiger partial charge in [0.2, 0.25) is 0 Å². The second-order valence-electron chi connectivity index (χ2n) is 5.29. The van der Waals surface area contributed by atoms with Gasteiger partial charge in [-0.2, -0.15) is 11.3 Å². The second-order valence-corrected chi connectivity index (χ2v) is 6.07. The van der Waals surface area contributed by atoms with E-state index in [0.29, 0.717) is 5.56 Å². The Hall–Kier alpha value is -3.27. The van der Waals surface area contributed by atoms with Crippen LogP contribution in [0.3, 0.4) is 0 Å². The number of hydrogen-bond acceptors (Lipinski definition) is 3. The Kier molecular flexibility index (Phi) is 5.32. The molecule has 0 aliphatic heterocycles. The summed E-state index contributed by atoms with van der Waals surface area (Å²) in [6, 6.07) is 17.9. The van der Waals surface area contributed by atoms with E-state index in [2.05, 4.69) is 55.1 Å². The summed E-state index contributed by atoms with van der Waals surface area (Å²) < 4.78 is 4.86. The molecule has 0 unspecified atom stereocenters. The second kappa shape index (κ2) is 8.02. The van der Waals surface area contributed by atoms with Gasteiger partial charge in [0.1, 0.15) is 6.11 Å². The highest BCUT2D eigenvalue weighted by Crippen LogP contribution is 2.23. The van der Waals surface area contributed by atoms with Crippen LogP contribution in [0.25, 0.3) is 11.1 Å². The highest BCUT2D eigenvalue weighted by Gasteiger charge is 2.05. The lowest BCUT2D eigenvalue weighted by molar-refractivity contribution is 0.0691. The van der Waals surface area contributed by atoms with Gasteiger partial charge in [-0.25, -0.2) is 4.79 Å². The number of esters is 1. The third-order valence-electron chi connectivity index (χ3n) is 3.50. The van der Waals surface area contributed by atoms with Crippen LogP contribution in [0.2, 0.25) is 0 Å². The molecule has 25 heavy (non-hydrogen) atoms. The number of carbonyl (C=O) groups is 1. The molecule has 0 N–H and O–H groups in total. The van der Waals surface area contributed by atoms with Gasteiger partial charge in [0.25, 0.3) is 0 Å². The van der Waals surface area contributed by atoms with E-state index in [1.165, 1.54) is 16.9 Å². The van der Waals surface area contributed by atoms with Crippen LogP contribution < -0.4 is 0 Å². The maximum absolute atomic E-state index is 11.6. The fourth-order valence-corrected chi connectivity index (χ4v) is 2.84. The van der Waals surface area contributed by atoms with Gasteiger partial charge in [-0.3, -0.25) is 0 Å². The maximum Gasteiger partial charge on any atom is 0.352 e. The molecule has 0 radical (unpaired) electrons. The van der Waals surface area contributed by atoms with Crippen molar-refractivity contribution in [2.75, 3.05) is 0 Å². The molecule has 1 aromatic heterocycles. The summed E-state index contributed by atoms with van der Waals surface area (Å²) in [6.07, 6.45) is 2.34. The van der Waals surface area contributed by atoms with E-state index in [-0.39, 0.29) is 0 Å². The standard InChI is InChI=1S/C22H14O2S/c1-17-9-11-19(12-10-17)21-8-3-2-6-18(21)7-4-5-14-24-22(23)20-13-15-25-16-20/h2-3,6,8-13,15-16H,1H3. The highest BCUT2D eigenvalue weighted by molar-refractivity contribution is 7.08. The molecule has 0 bridgehead atoms. The molecule has 3 aromatic rings. The first-order valence-corrected chi connectivity index (χ1v) is 8.59. The van der Waals surface area contributed by atoms with Crippen molar-refractivity contribution in [3.05, 3.63) is 82.0 Å². The summed E-state index contributed by atoms with van der Waals surface area (Å²) >= 11 is 1.43. The van der Waals surface area contributed by atoms with Crippen molar-refractivity contribution in [1.29, 1.82) is 0 Å². The van der Waals surface area contributed by atoms with Crippen LogP contribution in [0.15, 0.2) is 65.4 Å². The van der Waals surface area contributed by atoms with Crippen molar-refractivity contribution in [1.82, 2.24) is 0 Å². The molecule has 0 amide bonds. The van der Waals surface area contributed by atoms with E-state index in [1.54, 1.807) is 11.4 Å². The zero-order valence-corrected chi connectivity index (χ0v) is 14.4. The van der Waals surface area contributed by atoms with Gasteiger partial charge in [0.15, 0.2) is 0 Å². The first-order chi connectivity index (χ1) is 12.2. The fraction of sp³-hybridized carbons (Fsp3) is 0.0455. The molecule has 2 nitrogen and oxygen atoms in total. The minimum absolute atomic E-state index is 0.462. The Morgan fingerprint density at radius 3 is 2.56 bits per heavy atom. The van der Waals surface area contributed by atoms with Crippen molar-refractivity contribution >= 4 is 17.3 Å². The predicted molar refractivity (Wildman–Crippen MR) is 101 cm³/mol. The maximum atomic E-state index is 11.6. The van der Waals surface area contributed by atoms with Crippen molar-refractivity contribution in [2.24, 2.45) is 0 Å². The van der Waals surface area contributed by atoms with E-state index in [9.17, 15) is 4.79 Å². The summed E-state index contributed by atoms with van der Waals surface area (Å²) in [6.45, 7) is 2.06. The first-order valence-electron chi connectivity index (χ1n) is 7.64. The molecule has 3 rings (SSSR count). The van der Waals surface area contributed by atoms with Crippen molar-refractivity contribution in [2.45, 2.75) is 6.92 Å². The number of hydrogen-bond donors (Lipinski definition) is 0. The molecule has 0 fully saturated rings. The van der Waals surface area contributed by atoms with Gasteiger partial charge in [0.05, 0.1) is 5.56 Å². The lowest BCUT2D eigenvalue weighted by atomic mass is 9.99. The van der Waals surface area contributed by atoms with Crippen molar-refractivity contribution < 1.29 is 9.53 Å². The quantitative estimate of drug-likeness (QED) is 0.489. The fourth-order valence-electron chi connectivity index (χ4n) is 2.21. The predicted octanol–water partition coefficient (Wildman–Crippen LogP) is 4.89. The summed E-state index contributed by atoms with van der Waals surface area (Å²) in [5.41, 5.74) is 4.74. The molecule has 2 aromatic carbocycles. The van der Waals surface area contributed by atoms with Gasteiger partial charge in [0, 0.05) is 16.9 Å². The SMILES string of the molecule is Cc1ccc(-c2ccccc2C#CC#COC(=O)c2ccsc2)cc1. The van der Waals surface area contributed by atoms with E-state index in [0.717, 1.165) is 16.7 Å². The Morgan fingerprint density at radius 2 is 1.80 bits per heavy atom. The Balaban J connectivity index is 1.75. The third kappa shape index (κ3) is 4.38. The van der Waals surface area contributed by atoms with E-state index >= 15 is 0 Å². The first kappa shape index (κ1) is 16.6. The molecule has 120 valence electrons. The van der Waals surface area contributed by atoms with Crippen LogP contribution in [0.4, 0.5) is 0 Å². The minimum atomic E-state index is -0.462. The van der Waals surface area contributed by atoms with Gasteiger partial charge in [-0.1, -0.05) is 53.9 Å². The smallest absolute Gasteiger partial charge is 0.352 e. The zero-order chi connectivity index (χ0) is 17.5.